The molecular formula is C25H25N3O5. The zero-order valence-electron chi connectivity index (χ0n) is 18.9. The molecule has 0 fully saturated rings. The van der Waals surface area contributed by atoms with Crippen LogP contribution in [0.5, 0.6) is 5.75 Å². The maximum atomic E-state index is 13.0. The fourth-order valence-corrected chi connectivity index (χ4v) is 3.75. The summed E-state index contributed by atoms with van der Waals surface area (Å²) in [5, 5.41) is 10.1. The van der Waals surface area contributed by atoms with E-state index in [2.05, 4.69) is 6.07 Å². The lowest BCUT2D eigenvalue weighted by Crippen LogP contribution is -2.40. The van der Waals surface area contributed by atoms with Crippen LogP contribution >= 0.6 is 0 Å². The number of carbonyl (C=O) groups excluding carboxylic acids is 2. The number of ether oxygens (including phenoxy) is 3. The minimum atomic E-state index is -0.913. The predicted molar refractivity (Wildman–Crippen MR) is 122 cm³/mol. The van der Waals surface area contributed by atoms with E-state index in [1.54, 1.807) is 54.6 Å². The number of rotatable bonds is 6. The van der Waals surface area contributed by atoms with Crippen molar-refractivity contribution < 1.29 is 23.8 Å². The SMILES string of the molecule is COC(=O)C1=C(C(=O)OC)N(c2cccc(OC(C)C)c2)C(N)=C(C#N)C1c1ccccc1. The van der Waals surface area contributed by atoms with Crippen molar-refractivity contribution in [1.29, 1.82) is 5.26 Å². The van der Waals surface area contributed by atoms with E-state index in [4.69, 9.17) is 19.9 Å². The summed E-state index contributed by atoms with van der Waals surface area (Å²) in [4.78, 5) is 27.4. The highest BCUT2D eigenvalue weighted by Crippen LogP contribution is 2.43. The molecule has 0 spiro atoms. The third kappa shape index (κ3) is 4.53. The molecule has 0 radical (unpaired) electrons. The van der Waals surface area contributed by atoms with Crippen LogP contribution in [-0.4, -0.2) is 32.3 Å². The Balaban J connectivity index is 2.35. The Hall–Kier alpha value is -4.25. The molecule has 8 nitrogen and oxygen atoms in total. The van der Waals surface area contributed by atoms with Crippen molar-refractivity contribution in [3.63, 3.8) is 0 Å². The van der Waals surface area contributed by atoms with Crippen molar-refractivity contribution in [2.24, 2.45) is 5.73 Å². The lowest BCUT2D eigenvalue weighted by molar-refractivity contribution is -0.139. The van der Waals surface area contributed by atoms with Crippen LogP contribution in [0.4, 0.5) is 5.69 Å². The lowest BCUT2D eigenvalue weighted by atomic mass is 9.81. The number of hydrogen-bond acceptors (Lipinski definition) is 8. The van der Waals surface area contributed by atoms with E-state index in [1.807, 2.05) is 13.8 Å². The lowest BCUT2D eigenvalue weighted by Gasteiger charge is -2.36. The van der Waals surface area contributed by atoms with Crippen LogP contribution in [0.3, 0.4) is 0 Å². The summed E-state index contributed by atoms with van der Waals surface area (Å²) in [7, 11) is 2.42. The van der Waals surface area contributed by atoms with Crippen LogP contribution in [-0.2, 0) is 19.1 Å². The van der Waals surface area contributed by atoms with Gasteiger partial charge in [0.1, 0.15) is 17.3 Å². The average molecular weight is 447 g/mol. The molecule has 2 N–H and O–H groups in total. The predicted octanol–water partition coefficient (Wildman–Crippen LogP) is 3.37. The quantitative estimate of drug-likeness (QED) is 0.670. The highest BCUT2D eigenvalue weighted by molar-refractivity contribution is 6.06. The summed E-state index contributed by atoms with van der Waals surface area (Å²) >= 11 is 0. The molecule has 0 bridgehead atoms. The summed E-state index contributed by atoms with van der Waals surface area (Å²) < 4.78 is 15.8. The molecule has 1 unspecified atom stereocenters. The fourth-order valence-electron chi connectivity index (χ4n) is 3.75. The van der Waals surface area contributed by atoms with Crippen molar-refractivity contribution in [3.05, 3.63) is 82.8 Å². The minimum Gasteiger partial charge on any atom is -0.491 e. The highest BCUT2D eigenvalue weighted by Gasteiger charge is 2.43. The van der Waals surface area contributed by atoms with Gasteiger partial charge in [-0.3, -0.25) is 4.90 Å². The maximum Gasteiger partial charge on any atom is 0.355 e. The third-order valence-electron chi connectivity index (χ3n) is 5.06. The number of methoxy groups -OCH3 is 2. The van der Waals surface area contributed by atoms with Gasteiger partial charge in [-0.15, -0.1) is 0 Å². The van der Waals surface area contributed by atoms with E-state index in [-0.39, 0.29) is 28.8 Å². The van der Waals surface area contributed by atoms with Crippen LogP contribution in [0.25, 0.3) is 0 Å². The monoisotopic (exact) mass is 447 g/mol. The number of hydrogen-bond donors (Lipinski definition) is 1. The Bertz CT molecular complexity index is 1160. The molecule has 2 aromatic rings. The first-order chi connectivity index (χ1) is 15.8. The summed E-state index contributed by atoms with van der Waals surface area (Å²) in [5.41, 5.74) is 7.44. The Morgan fingerprint density at radius 3 is 2.27 bits per heavy atom. The first kappa shape index (κ1) is 23.4. The topological polar surface area (TPSA) is 115 Å². The van der Waals surface area contributed by atoms with Crippen LogP contribution in [0.15, 0.2) is 77.3 Å². The molecule has 8 heteroatoms. The zero-order chi connectivity index (χ0) is 24.1. The first-order valence-corrected chi connectivity index (χ1v) is 10.3. The van der Waals surface area contributed by atoms with Gasteiger partial charge in [0.25, 0.3) is 0 Å². The molecule has 0 aliphatic carbocycles. The van der Waals surface area contributed by atoms with Crippen molar-refractivity contribution in [1.82, 2.24) is 0 Å². The molecule has 2 aromatic carbocycles. The number of nitrogens with two attached hydrogens (primary N) is 1. The molecular weight excluding hydrogens is 422 g/mol. The van der Waals surface area contributed by atoms with Gasteiger partial charge >= 0.3 is 11.9 Å². The molecule has 33 heavy (non-hydrogen) atoms. The molecule has 1 aliphatic rings. The molecule has 0 aromatic heterocycles. The Kier molecular flexibility index (Phi) is 7.04. The minimum absolute atomic E-state index is 0.00102. The number of nitriles is 1. The van der Waals surface area contributed by atoms with Gasteiger partial charge in [-0.2, -0.15) is 5.26 Å². The number of esters is 2. The molecule has 1 heterocycles. The van der Waals surface area contributed by atoms with Crippen molar-refractivity contribution >= 4 is 17.6 Å². The van der Waals surface area contributed by atoms with Crippen LogP contribution in [0.1, 0.15) is 25.3 Å². The zero-order valence-corrected chi connectivity index (χ0v) is 18.9. The summed E-state index contributed by atoms with van der Waals surface area (Å²) in [5.74, 6) is -1.96. The summed E-state index contributed by atoms with van der Waals surface area (Å²) in [6, 6.07) is 17.8. The van der Waals surface area contributed by atoms with Crippen molar-refractivity contribution in [2.75, 3.05) is 19.1 Å². The second-order valence-corrected chi connectivity index (χ2v) is 7.50. The smallest absolute Gasteiger partial charge is 0.355 e. The fraction of sp³-hybridized carbons (Fsp3) is 0.240. The van der Waals surface area contributed by atoms with Gasteiger partial charge in [-0.25, -0.2) is 9.59 Å². The first-order valence-electron chi connectivity index (χ1n) is 10.3. The number of allylic oxidation sites excluding steroid dienone is 1. The van der Waals surface area contributed by atoms with Gasteiger partial charge in [0.05, 0.1) is 49.1 Å². The largest absolute Gasteiger partial charge is 0.491 e. The van der Waals surface area contributed by atoms with Gasteiger partial charge in [0.2, 0.25) is 0 Å². The van der Waals surface area contributed by atoms with E-state index in [9.17, 15) is 14.9 Å². The normalized spacial score (nSPS) is 15.9. The molecule has 0 saturated carbocycles. The van der Waals surface area contributed by atoms with Gasteiger partial charge in [-0.1, -0.05) is 36.4 Å². The van der Waals surface area contributed by atoms with Crippen LogP contribution < -0.4 is 15.4 Å². The van der Waals surface area contributed by atoms with Crippen molar-refractivity contribution in [2.45, 2.75) is 25.9 Å². The maximum absolute atomic E-state index is 13.0. The van der Waals surface area contributed by atoms with E-state index in [0.717, 1.165) is 0 Å². The second-order valence-electron chi connectivity index (χ2n) is 7.50. The number of carbonyl (C=O) groups is 2. The average Bonchev–Trinajstić information content (AvgIpc) is 2.82. The molecule has 1 atom stereocenters. The standard InChI is InChI=1S/C25H25N3O5/c1-15(2)33-18-12-8-11-17(13-18)28-22(25(30)32-4)21(24(29)31-3)20(19(14-26)23(28)27)16-9-6-5-7-10-16/h5-13,15,20H,27H2,1-4H3. The molecule has 1 aliphatic heterocycles. The van der Waals surface area contributed by atoms with Crippen LogP contribution in [0.2, 0.25) is 0 Å². The van der Waals surface area contributed by atoms with Gasteiger partial charge in [-0.05, 0) is 31.5 Å². The van der Waals surface area contributed by atoms with E-state index in [1.165, 1.54) is 19.1 Å². The van der Waals surface area contributed by atoms with Crippen LogP contribution in [0, 0.1) is 11.3 Å². The number of anilines is 1. The summed E-state index contributed by atoms with van der Waals surface area (Å²) in [6.07, 6.45) is -0.0899. The second kappa shape index (κ2) is 9.92. The molecule has 0 saturated heterocycles. The molecule has 3 rings (SSSR count). The van der Waals surface area contributed by atoms with Gasteiger partial charge in [0.15, 0.2) is 0 Å². The molecule has 170 valence electrons. The van der Waals surface area contributed by atoms with Crippen molar-refractivity contribution in [3.8, 4) is 11.8 Å². The van der Waals surface area contributed by atoms with Gasteiger partial charge in [0, 0.05) is 6.07 Å². The Morgan fingerprint density at radius 1 is 1.03 bits per heavy atom. The number of nitrogens with zero attached hydrogens (tertiary/aromatic N) is 2. The van der Waals surface area contributed by atoms with E-state index >= 15 is 0 Å². The Morgan fingerprint density at radius 2 is 1.70 bits per heavy atom. The number of benzene rings is 2. The molecule has 0 amide bonds. The van der Waals surface area contributed by atoms with E-state index in [0.29, 0.717) is 17.0 Å². The summed E-state index contributed by atoms with van der Waals surface area (Å²) in [6.45, 7) is 3.77. The Labute approximate surface area is 192 Å². The third-order valence-corrected chi connectivity index (χ3v) is 5.06. The van der Waals surface area contributed by atoms with Gasteiger partial charge < -0.3 is 19.9 Å². The highest BCUT2D eigenvalue weighted by atomic mass is 16.5. The van der Waals surface area contributed by atoms with E-state index < -0.39 is 17.9 Å².